The summed E-state index contributed by atoms with van der Waals surface area (Å²) in [7, 11) is 0. The van der Waals surface area contributed by atoms with Crippen LogP contribution in [0.25, 0.3) is 0 Å². The minimum absolute atomic E-state index is 0.0505. The second-order valence-corrected chi connectivity index (χ2v) is 6.86. The van der Waals surface area contributed by atoms with Gasteiger partial charge in [0.15, 0.2) is 11.6 Å². The van der Waals surface area contributed by atoms with Gasteiger partial charge in [-0.2, -0.15) is 0 Å². The topological polar surface area (TPSA) is 88.2 Å². The number of carbonyl (C=O) groups is 3. The zero-order chi connectivity index (χ0) is 19.3. The molecular formula is C21H23N3O3. The number of aromatic nitrogens is 1. The third-order valence-electron chi connectivity index (χ3n) is 4.82. The van der Waals surface area contributed by atoms with E-state index in [1.54, 1.807) is 42.6 Å². The van der Waals surface area contributed by atoms with E-state index in [9.17, 15) is 14.4 Å². The quantitative estimate of drug-likeness (QED) is 0.734. The van der Waals surface area contributed by atoms with Crippen LogP contribution in [0, 0.1) is 6.92 Å². The highest BCUT2D eigenvalue weighted by Gasteiger charge is 2.42. The van der Waals surface area contributed by atoms with Gasteiger partial charge in [0.25, 0.3) is 0 Å². The third-order valence-corrected chi connectivity index (χ3v) is 4.82. The van der Waals surface area contributed by atoms with Crippen LogP contribution in [-0.2, 0) is 4.79 Å². The summed E-state index contributed by atoms with van der Waals surface area (Å²) in [6.07, 6.45) is 2.22. The van der Waals surface area contributed by atoms with Crippen LogP contribution in [0.1, 0.15) is 45.7 Å². The van der Waals surface area contributed by atoms with Crippen LogP contribution in [0.15, 0.2) is 48.7 Å². The van der Waals surface area contributed by atoms with Gasteiger partial charge in [-0.3, -0.25) is 19.4 Å². The Hall–Kier alpha value is -2.86. The van der Waals surface area contributed by atoms with Crippen molar-refractivity contribution in [2.45, 2.75) is 31.7 Å². The lowest BCUT2D eigenvalue weighted by Crippen LogP contribution is -2.56. The Balaban J connectivity index is 1.65. The first-order valence-electron chi connectivity index (χ1n) is 9.08. The molecule has 2 aromatic rings. The number of nitrogens with zero attached hydrogens (tertiary/aromatic N) is 1. The first-order valence-corrected chi connectivity index (χ1v) is 9.08. The molecule has 27 heavy (non-hydrogen) atoms. The molecule has 1 aliphatic heterocycles. The molecule has 0 bridgehead atoms. The molecule has 1 saturated heterocycles. The number of aryl methyl sites for hydroxylation is 1. The van der Waals surface area contributed by atoms with Gasteiger partial charge in [0.2, 0.25) is 5.91 Å². The molecule has 1 atom stereocenters. The summed E-state index contributed by atoms with van der Waals surface area (Å²) in [6.45, 7) is 2.87. The van der Waals surface area contributed by atoms with Gasteiger partial charge in [0.05, 0.1) is 0 Å². The second kappa shape index (κ2) is 8.22. The van der Waals surface area contributed by atoms with Crippen LogP contribution in [0.5, 0.6) is 0 Å². The molecule has 0 radical (unpaired) electrons. The Kier molecular flexibility index (Phi) is 5.76. The van der Waals surface area contributed by atoms with Crippen molar-refractivity contribution in [1.29, 1.82) is 0 Å². The number of amides is 1. The standard InChI is InChI=1S/C21H23N3O3/c1-15-7-8-17(13-23-15)20(27)21(11-12-22-14-21)24-19(26)10-9-18(25)16-5-3-2-4-6-16/h2-8,13,22H,9-12,14H2,1H3,(H,24,26)/t21-/m1/s1. The summed E-state index contributed by atoms with van der Waals surface area (Å²) in [6, 6.07) is 12.4. The fourth-order valence-electron chi connectivity index (χ4n) is 3.25. The lowest BCUT2D eigenvalue weighted by Gasteiger charge is -2.28. The van der Waals surface area contributed by atoms with Crippen molar-refractivity contribution in [2.24, 2.45) is 0 Å². The molecule has 1 aliphatic rings. The number of Topliss-reactive ketones (excluding diaryl/α,β-unsaturated/α-hetero) is 2. The SMILES string of the molecule is Cc1ccc(C(=O)[C@@]2(NC(=O)CCC(=O)c3ccccc3)CCNC2)cn1. The van der Waals surface area contributed by atoms with E-state index in [2.05, 4.69) is 15.6 Å². The molecule has 0 unspecified atom stereocenters. The lowest BCUT2D eigenvalue weighted by molar-refractivity contribution is -0.122. The smallest absolute Gasteiger partial charge is 0.221 e. The zero-order valence-electron chi connectivity index (χ0n) is 15.3. The molecule has 140 valence electrons. The Morgan fingerprint density at radius 1 is 1.07 bits per heavy atom. The molecule has 1 fully saturated rings. The maximum atomic E-state index is 13.0. The summed E-state index contributed by atoms with van der Waals surface area (Å²) in [5.74, 6) is -0.530. The number of nitrogens with one attached hydrogen (secondary N) is 2. The lowest BCUT2D eigenvalue weighted by atomic mass is 9.88. The van der Waals surface area contributed by atoms with Crippen LogP contribution >= 0.6 is 0 Å². The molecule has 0 saturated carbocycles. The van der Waals surface area contributed by atoms with Crippen LogP contribution in [-0.4, -0.2) is 41.1 Å². The summed E-state index contributed by atoms with van der Waals surface area (Å²) in [5, 5.41) is 6.03. The van der Waals surface area contributed by atoms with Crippen LogP contribution in [0.2, 0.25) is 0 Å². The fraction of sp³-hybridized carbons (Fsp3) is 0.333. The van der Waals surface area contributed by atoms with E-state index in [0.29, 0.717) is 30.6 Å². The molecular weight excluding hydrogens is 342 g/mol. The first kappa shape index (κ1) is 18.9. The van der Waals surface area contributed by atoms with Crippen molar-refractivity contribution in [2.75, 3.05) is 13.1 Å². The molecule has 2 N–H and O–H groups in total. The molecule has 1 aromatic carbocycles. The van der Waals surface area contributed by atoms with Gasteiger partial charge in [-0.25, -0.2) is 0 Å². The molecule has 0 spiro atoms. The predicted octanol–water partition coefficient (Wildman–Crippen LogP) is 2.08. The van der Waals surface area contributed by atoms with E-state index >= 15 is 0 Å². The Morgan fingerprint density at radius 3 is 2.48 bits per heavy atom. The van der Waals surface area contributed by atoms with Gasteiger partial charge in [-0.05, 0) is 32.0 Å². The Morgan fingerprint density at radius 2 is 1.85 bits per heavy atom. The Labute approximate surface area is 158 Å². The molecule has 3 rings (SSSR count). The summed E-state index contributed by atoms with van der Waals surface area (Å²) in [5.41, 5.74) is 0.909. The van der Waals surface area contributed by atoms with Gasteiger partial charge in [-0.15, -0.1) is 0 Å². The van der Waals surface area contributed by atoms with E-state index in [-0.39, 0.29) is 30.3 Å². The second-order valence-electron chi connectivity index (χ2n) is 6.86. The van der Waals surface area contributed by atoms with E-state index in [1.165, 1.54) is 0 Å². The minimum atomic E-state index is -0.982. The highest BCUT2D eigenvalue weighted by atomic mass is 16.2. The van der Waals surface area contributed by atoms with Crippen molar-refractivity contribution in [3.05, 3.63) is 65.5 Å². The third kappa shape index (κ3) is 4.46. The van der Waals surface area contributed by atoms with Crippen molar-refractivity contribution < 1.29 is 14.4 Å². The number of benzene rings is 1. The first-order chi connectivity index (χ1) is 13.0. The number of hydrogen-bond donors (Lipinski definition) is 2. The summed E-state index contributed by atoms with van der Waals surface area (Å²) < 4.78 is 0. The maximum absolute atomic E-state index is 13.0. The minimum Gasteiger partial charge on any atom is -0.342 e. The van der Waals surface area contributed by atoms with E-state index in [4.69, 9.17) is 0 Å². The predicted molar refractivity (Wildman–Crippen MR) is 102 cm³/mol. The van der Waals surface area contributed by atoms with E-state index in [0.717, 1.165) is 5.69 Å². The van der Waals surface area contributed by atoms with Crippen LogP contribution in [0.4, 0.5) is 0 Å². The highest BCUT2D eigenvalue weighted by molar-refractivity contribution is 6.06. The zero-order valence-corrected chi connectivity index (χ0v) is 15.3. The van der Waals surface area contributed by atoms with Gasteiger partial charge >= 0.3 is 0 Å². The molecule has 2 heterocycles. The molecule has 1 amide bonds. The number of ketones is 2. The van der Waals surface area contributed by atoms with Crippen molar-refractivity contribution in [3.63, 3.8) is 0 Å². The average molecular weight is 365 g/mol. The monoisotopic (exact) mass is 365 g/mol. The highest BCUT2D eigenvalue weighted by Crippen LogP contribution is 2.21. The number of rotatable bonds is 7. The maximum Gasteiger partial charge on any atom is 0.221 e. The molecule has 6 heteroatoms. The van der Waals surface area contributed by atoms with Crippen LogP contribution in [0.3, 0.4) is 0 Å². The van der Waals surface area contributed by atoms with Gasteiger partial charge in [0.1, 0.15) is 5.54 Å². The van der Waals surface area contributed by atoms with E-state index in [1.807, 2.05) is 13.0 Å². The molecule has 1 aromatic heterocycles. The molecule has 6 nitrogen and oxygen atoms in total. The molecule has 0 aliphatic carbocycles. The van der Waals surface area contributed by atoms with E-state index < -0.39 is 5.54 Å². The normalized spacial score (nSPS) is 18.9. The summed E-state index contributed by atoms with van der Waals surface area (Å²) in [4.78, 5) is 41.8. The van der Waals surface area contributed by atoms with Gasteiger partial charge in [0, 0.05) is 42.4 Å². The largest absolute Gasteiger partial charge is 0.342 e. The summed E-state index contributed by atoms with van der Waals surface area (Å²) >= 11 is 0. The average Bonchev–Trinajstić information content (AvgIpc) is 3.16. The number of pyridine rings is 1. The van der Waals surface area contributed by atoms with Crippen molar-refractivity contribution >= 4 is 17.5 Å². The van der Waals surface area contributed by atoms with Gasteiger partial charge in [-0.1, -0.05) is 30.3 Å². The fourth-order valence-corrected chi connectivity index (χ4v) is 3.25. The number of hydrogen-bond acceptors (Lipinski definition) is 5. The number of carbonyl (C=O) groups excluding carboxylic acids is 3. The van der Waals surface area contributed by atoms with Crippen molar-refractivity contribution in [3.8, 4) is 0 Å². The van der Waals surface area contributed by atoms with Gasteiger partial charge < -0.3 is 10.6 Å². The van der Waals surface area contributed by atoms with Crippen molar-refractivity contribution in [1.82, 2.24) is 15.6 Å². The Bertz CT molecular complexity index is 826. The van der Waals surface area contributed by atoms with Crippen LogP contribution < -0.4 is 10.6 Å².